The van der Waals surface area contributed by atoms with Crippen molar-refractivity contribution in [1.82, 2.24) is 10.3 Å². The van der Waals surface area contributed by atoms with Gasteiger partial charge < -0.3 is 10.6 Å². The minimum Gasteiger partial charge on any atom is -0.326 e. The summed E-state index contributed by atoms with van der Waals surface area (Å²) < 4.78 is 0. The number of rotatable bonds is 3. The Morgan fingerprint density at radius 1 is 1.32 bits per heavy atom. The van der Waals surface area contributed by atoms with Gasteiger partial charge in [-0.2, -0.15) is 0 Å². The van der Waals surface area contributed by atoms with Crippen LogP contribution in [0.3, 0.4) is 0 Å². The van der Waals surface area contributed by atoms with E-state index in [1.807, 2.05) is 19.2 Å². The summed E-state index contributed by atoms with van der Waals surface area (Å²) in [4.78, 5) is 16.1. The molecule has 0 aliphatic carbocycles. The molecule has 4 nitrogen and oxygen atoms in total. The summed E-state index contributed by atoms with van der Waals surface area (Å²) in [5.74, 6) is 0. The number of halogens is 1. The molecule has 2 amide bonds. The lowest BCUT2D eigenvalue weighted by molar-refractivity contribution is 0.242. The molecule has 1 heterocycles. The molecular formula is C13H14ClN3OS. The van der Waals surface area contributed by atoms with E-state index in [1.54, 1.807) is 30.5 Å². The van der Waals surface area contributed by atoms with Gasteiger partial charge in [-0.05, 0) is 38.1 Å². The first kappa shape index (κ1) is 13.8. The van der Waals surface area contributed by atoms with Gasteiger partial charge in [0.2, 0.25) is 0 Å². The van der Waals surface area contributed by atoms with Crippen LogP contribution in [0.25, 0.3) is 0 Å². The first-order valence-corrected chi connectivity index (χ1v) is 6.98. The molecule has 0 bridgehead atoms. The zero-order chi connectivity index (χ0) is 13.9. The lowest BCUT2D eigenvalue weighted by Crippen LogP contribution is -2.43. The van der Waals surface area contributed by atoms with Gasteiger partial charge in [-0.25, -0.2) is 9.78 Å². The van der Waals surface area contributed by atoms with Gasteiger partial charge in [-0.1, -0.05) is 11.6 Å². The second-order valence-electron chi connectivity index (χ2n) is 4.55. The topological polar surface area (TPSA) is 54.0 Å². The minimum atomic E-state index is -0.509. The van der Waals surface area contributed by atoms with Gasteiger partial charge in [-0.15, -0.1) is 11.3 Å². The highest BCUT2D eigenvalue weighted by molar-refractivity contribution is 7.09. The Labute approximate surface area is 120 Å². The smallest absolute Gasteiger partial charge is 0.319 e. The molecule has 0 unspecified atom stereocenters. The van der Waals surface area contributed by atoms with Crippen molar-refractivity contribution in [2.24, 2.45) is 0 Å². The molecule has 6 heteroatoms. The molecule has 0 saturated heterocycles. The maximum atomic E-state index is 11.9. The quantitative estimate of drug-likeness (QED) is 0.903. The van der Waals surface area contributed by atoms with E-state index in [4.69, 9.17) is 11.6 Å². The van der Waals surface area contributed by atoms with Crippen LogP contribution in [0.1, 0.15) is 18.9 Å². The Kier molecular flexibility index (Phi) is 4.07. The van der Waals surface area contributed by atoms with Crippen LogP contribution in [0.5, 0.6) is 0 Å². The van der Waals surface area contributed by atoms with E-state index < -0.39 is 5.54 Å². The molecule has 0 radical (unpaired) electrons. The lowest BCUT2D eigenvalue weighted by atomic mass is 10.1. The van der Waals surface area contributed by atoms with Gasteiger partial charge in [0.05, 0.1) is 5.54 Å². The van der Waals surface area contributed by atoms with Crippen molar-refractivity contribution in [3.63, 3.8) is 0 Å². The fourth-order valence-electron chi connectivity index (χ4n) is 1.56. The zero-order valence-electron chi connectivity index (χ0n) is 10.6. The van der Waals surface area contributed by atoms with Crippen molar-refractivity contribution in [2.45, 2.75) is 19.4 Å². The largest absolute Gasteiger partial charge is 0.326 e. The highest BCUT2D eigenvalue weighted by atomic mass is 35.5. The normalized spacial score (nSPS) is 11.1. The van der Waals surface area contributed by atoms with Crippen LogP contribution in [-0.2, 0) is 5.54 Å². The zero-order valence-corrected chi connectivity index (χ0v) is 12.2. The number of hydrogen-bond donors (Lipinski definition) is 2. The molecule has 2 aromatic rings. The molecule has 0 fully saturated rings. The molecule has 1 aromatic heterocycles. The van der Waals surface area contributed by atoms with Crippen molar-refractivity contribution < 1.29 is 4.79 Å². The molecular weight excluding hydrogens is 282 g/mol. The van der Waals surface area contributed by atoms with Crippen molar-refractivity contribution in [2.75, 3.05) is 5.32 Å². The first-order chi connectivity index (χ1) is 8.97. The molecule has 0 saturated carbocycles. The van der Waals surface area contributed by atoms with Gasteiger partial charge in [0, 0.05) is 22.3 Å². The highest BCUT2D eigenvalue weighted by Crippen LogP contribution is 2.22. The number of carbonyl (C=O) groups is 1. The maximum absolute atomic E-state index is 11.9. The van der Waals surface area contributed by atoms with Crippen molar-refractivity contribution in [3.8, 4) is 0 Å². The van der Waals surface area contributed by atoms with Crippen LogP contribution in [0.2, 0.25) is 5.02 Å². The predicted octanol–water partition coefficient (Wildman–Crippen LogP) is 3.85. The van der Waals surface area contributed by atoms with E-state index in [9.17, 15) is 4.79 Å². The number of aromatic nitrogens is 1. The van der Waals surface area contributed by atoms with Crippen LogP contribution in [0.4, 0.5) is 10.5 Å². The van der Waals surface area contributed by atoms with E-state index >= 15 is 0 Å². The summed E-state index contributed by atoms with van der Waals surface area (Å²) in [6, 6.07) is 6.67. The molecule has 19 heavy (non-hydrogen) atoms. The monoisotopic (exact) mass is 295 g/mol. The standard InChI is InChI=1S/C13H14ClN3OS/c1-13(2,11-15-7-8-19-11)17-12(18)16-10-5-3-9(14)4-6-10/h3-8H,1-2H3,(H2,16,17,18). The highest BCUT2D eigenvalue weighted by Gasteiger charge is 2.25. The fraction of sp³-hybridized carbons (Fsp3) is 0.231. The molecule has 0 atom stereocenters. The molecule has 2 N–H and O–H groups in total. The van der Waals surface area contributed by atoms with Crippen LogP contribution in [0.15, 0.2) is 35.8 Å². The van der Waals surface area contributed by atoms with E-state index in [2.05, 4.69) is 15.6 Å². The predicted molar refractivity (Wildman–Crippen MR) is 78.7 cm³/mol. The third kappa shape index (κ3) is 3.68. The fourth-order valence-corrected chi connectivity index (χ4v) is 2.41. The molecule has 0 spiro atoms. The number of hydrogen-bond acceptors (Lipinski definition) is 3. The number of thiazole rings is 1. The number of nitrogens with zero attached hydrogens (tertiary/aromatic N) is 1. The van der Waals surface area contributed by atoms with Gasteiger partial charge in [-0.3, -0.25) is 0 Å². The van der Waals surface area contributed by atoms with Crippen LogP contribution >= 0.6 is 22.9 Å². The number of benzene rings is 1. The van der Waals surface area contributed by atoms with Gasteiger partial charge in [0.15, 0.2) is 0 Å². The third-order valence-corrected chi connectivity index (χ3v) is 3.84. The van der Waals surface area contributed by atoms with Crippen LogP contribution in [-0.4, -0.2) is 11.0 Å². The van der Waals surface area contributed by atoms with Gasteiger partial charge in [0.25, 0.3) is 0 Å². The molecule has 2 rings (SSSR count). The Morgan fingerprint density at radius 2 is 2.00 bits per heavy atom. The Morgan fingerprint density at radius 3 is 2.58 bits per heavy atom. The summed E-state index contributed by atoms with van der Waals surface area (Å²) in [6.45, 7) is 3.82. The van der Waals surface area contributed by atoms with Crippen molar-refractivity contribution in [3.05, 3.63) is 45.9 Å². The Balaban J connectivity index is 2.00. The number of amides is 2. The minimum absolute atomic E-state index is 0.275. The number of urea groups is 1. The number of carbonyl (C=O) groups excluding carboxylic acids is 1. The maximum Gasteiger partial charge on any atom is 0.319 e. The first-order valence-electron chi connectivity index (χ1n) is 5.72. The number of anilines is 1. The Bertz CT molecular complexity index is 552. The second kappa shape index (κ2) is 5.59. The van der Waals surface area contributed by atoms with Crippen molar-refractivity contribution >= 4 is 34.7 Å². The molecule has 100 valence electrons. The molecule has 0 aliphatic rings. The van der Waals surface area contributed by atoms with Gasteiger partial charge >= 0.3 is 6.03 Å². The van der Waals surface area contributed by atoms with Crippen LogP contribution < -0.4 is 10.6 Å². The third-order valence-electron chi connectivity index (χ3n) is 2.50. The van der Waals surface area contributed by atoms with E-state index in [0.717, 1.165) is 5.01 Å². The SMILES string of the molecule is CC(C)(NC(=O)Nc1ccc(Cl)cc1)c1nccs1. The average molecular weight is 296 g/mol. The second-order valence-corrected chi connectivity index (χ2v) is 5.88. The van der Waals surface area contributed by atoms with Crippen molar-refractivity contribution in [1.29, 1.82) is 0 Å². The number of nitrogens with one attached hydrogen (secondary N) is 2. The van der Waals surface area contributed by atoms with E-state index in [0.29, 0.717) is 10.7 Å². The summed E-state index contributed by atoms with van der Waals surface area (Å²) >= 11 is 7.30. The Hall–Kier alpha value is -1.59. The average Bonchev–Trinajstić information content (AvgIpc) is 2.85. The van der Waals surface area contributed by atoms with E-state index in [1.165, 1.54) is 11.3 Å². The van der Waals surface area contributed by atoms with E-state index in [-0.39, 0.29) is 6.03 Å². The lowest BCUT2D eigenvalue weighted by Gasteiger charge is -2.23. The molecule has 0 aliphatic heterocycles. The van der Waals surface area contributed by atoms with Gasteiger partial charge in [0.1, 0.15) is 5.01 Å². The summed E-state index contributed by atoms with van der Waals surface area (Å²) in [5.41, 5.74) is 0.182. The molecule has 1 aromatic carbocycles. The van der Waals surface area contributed by atoms with Crippen LogP contribution in [0, 0.1) is 0 Å². The summed E-state index contributed by atoms with van der Waals surface area (Å²) in [5, 5.41) is 9.02. The summed E-state index contributed by atoms with van der Waals surface area (Å²) in [6.07, 6.45) is 1.72. The summed E-state index contributed by atoms with van der Waals surface area (Å²) in [7, 11) is 0.